The fourth-order valence-electron chi connectivity index (χ4n) is 3.72. The highest BCUT2D eigenvalue weighted by atomic mass is 127. The van der Waals surface area contributed by atoms with Gasteiger partial charge in [-0.1, -0.05) is 34.7 Å². The van der Waals surface area contributed by atoms with E-state index >= 15 is 0 Å². The molecule has 1 aromatic carbocycles. The number of anilines is 1. The molecular formula is C24H31F3IN7O2S. The van der Waals surface area contributed by atoms with Crippen LogP contribution < -0.4 is 10.7 Å². The van der Waals surface area contributed by atoms with E-state index in [0.29, 0.717) is 23.9 Å². The molecule has 208 valence electrons. The molecule has 3 rings (SSSR count). The molecule has 1 atom stereocenters. The lowest BCUT2D eigenvalue weighted by Crippen LogP contribution is -2.50. The second kappa shape index (κ2) is 14.1. The first-order valence-corrected chi connectivity index (χ1v) is 14.7. The predicted molar refractivity (Wildman–Crippen MR) is 156 cm³/mol. The number of rotatable bonds is 7. The van der Waals surface area contributed by atoms with Crippen LogP contribution in [0.2, 0.25) is 0 Å². The molecule has 0 saturated carbocycles. The van der Waals surface area contributed by atoms with Crippen molar-refractivity contribution in [1.82, 2.24) is 20.2 Å². The predicted octanol–water partition coefficient (Wildman–Crippen LogP) is 3.30. The summed E-state index contributed by atoms with van der Waals surface area (Å²) in [5.41, 5.74) is 4.67. The van der Waals surface area contributed by atoms with Crippen LogP contribution in [0.3, 0.4) is 0 Å². The lowest BCUT2D eigenvalue weighted by atomic mass is 10.2. The third kappa shape index (κ3) is 8.81. The molecule has 14 heteroatoms. The number of amidine groups is 1. The average Bonchev–Trinajstić information content (AvgIpc) is 2.88. The first-order valence-electron chi connectivity index (χ1n) is 11.8. The number of halogens is 4. The second-order valence-electron chi connectivity index (χ2n) is 8.51. The maximum Gasteiger partial charge on any atom is 0.416 e. The number of β-amino-alcohol motifs (C(OH)–C–C–N with tert-alkyl or cyclic N) is 1. The molecule has 0 aliphatic carbocycles. The highest BCUT2D eigenvalue weighted by molar-refractivity contribution is 14.1. The van der Waals surface area contributed by atoms with Gasteiger partial charge in [-0.3, -0.25) is 20.1 Å². The number of hydrogen-bond acceptors (Lipinski definition) is 8. The maximum atomic E-state index is 13.0. The van der Waals surface area contributed by atoms with E-state index in [2.05, 4.69) is 25.5 Å². The Morgan fingerprint density at radius 2 is 2.03 bits per heavy atom. The number of carbonyl (C=O) groups excluding carboxylic acids is 1. The van der Waals surface area contributed by atoms with Crippen molar-refractivity contribution in [3.8, 4) is 0 Å². The van der Waals surface area contributed by atoms with Crippen LogP contribution in [0.1, 0.15) is 12.0 Å². The van der Waals surface area contributed by atoms with Crippen LogP contribution >= 0.6 is 33.1 Å². The minimum absolute atomic E-state index is 0.0428. The number of hydrazine groups is 1. The van der Waals surface area contributed by atoms with Gasteiger partial charge in [0, 0.05) is 61.7 Å². The molecular weight excluding hydrogens is 634 g/mol. The highest BCUT2D eigenvalue weighted by Gasteiger charge is 2.30. The van der Waals surface area contributed by atoms with Crippen molar-refractivity contribution in [2.75, 3.05) is 58.0 Å². The Bertz CT molecular complexity index is 1150. The first kappa shape index (κ1) is 30.1. The normalized spacial score (nSPS) is 19.1. The van der Waals surface area contributed by atoms with Crippen molar-refractivity contribution in [1.29, 1.82) is 0 Å². The van der Waals surface area contributed by atoms with Gasteiger partial charge in [0.2, 0.25) is 11.9 Å². The zero-order chi connectivity index (χ0) is 27.7. The van der Waals surface area contributed by atoms with Crippen molar-refractivity contribution in [2.45, 2.75) is 12.6 Å². The van der Waals surface area contributed by atoms with E-state index in [9.17, 15) is 18.0 Å². The molecule has 1 amide bonds. The first-order chi connectivity index (χ1) is 18.1. The number of guanidine groups is 1. The number of carbonyl (C=O) groups is 1. The van der Waals surface area contributed by atoms with Gasteiger partial charge in [-0.05, 0) is 30.5 Å². The topological polar surface area (TPSA) is 95.8 Å². The van der Waals surface area contributed by atoms with E-state index in [-0.39, 0.29) is 29.4 Å². The van der Waals surface area contributed by atoms with Crippen molar-refractivity contribution in [3.05, 3.63) is 51.8 Å². The molecule has 0 radical (unpaired) electrons. The van der Waals surface area contributed by atoms with Gasteiger partial charge in [0.05, 0.1) is 17.7 Å². The number of nitrogens with zero attached hydrogens (tertiary/aromatic N) is 5. The van der Waals surface area contributed by atoms with Gasteiger partial charge in [-0.25, -0.2) is 4.99 Å². The summed E-state index contributed by atoms with van der Waals surface area (Å²) < 4.78 is 40.5. The monoisotopic (exact) mass is 665 g/mol. The van der Waals surface area contributed by atoms with Gasteiger partial charge in [0.25, 0.3) is 0 Å². The zero-order valence-electron chi connectivity index (χ0n) is 21.1. The van der Waals surface area contributed by atoms with Crippen LogP contribution in [-0.4, -0.2) is 95.1 Å². The van der Waals surface area contributed by atoms with Crippen LogP contribution in [0.5, 0.6) is 0 Å². The maximum absolute atomic E-state index is 13.0. The van der Waals surface area contributed by atoms with Crippen LogP contribution in [-0.2, 0) is 11.0 Å². The molecule has 2 heterocycles. The van der Waals surface area contributed by atoms with Gasteiger partial charge in [0.15, 0.2) is 5.17 Å². The number of nitrogens with one attached hydrogen (secondary N) is 2. The molecule has 1 unspecified atom stereocenters. The average molecular weight is 666 g/mol. The second-order valence-corrected chi connectivity index (χ2v) is 10.8. The number of aliphatic hydroxyl groups excluding tert-OH is 1. The van der Waals surface area contributed by atoms with E-state index in [1.165, 1.54) is 17.1 Å². The minimum Gasteiger partial charge on any atom is -0.395 e. The number of amides is 1. The molecule has 0 bridgehead atoms. The number of hydrogen-bond donors (Lipinski definition) is 3. The van der Waals surface area contributed by atoms with E-state index in [1.807, 2.05) is 34.3 Å². The van der Waals surface area contributed by atoms with Crippen LogP contribution in [0.4, 0.5) is 18.9 Å². The summed E-state index contributed by atoms with van der Waals surface area (Å²) in [5, 5.41) is 14.5. The summed E-state index contributed by atoms with van der Waals surface area (Å²) in [4.78, 5) is 26.0. The van der Waals surface area contributed by atoms with Gasteiger partial charge in [-0.15, -0.1) is 10.5 Å². The Morgan fingerprint density at radius 1 is 1.29 bits per heavy atom. The Hall–Kier alpha value is -2.43. The summed E-state index contributed by atoms with van der Waals surface area (Å²) in [6, 6.07) is 4.92. The zero-order valence-corrected chi connectivity index (χ0v) is 24.1. The fraction of sp³-hybridized carbons (Fsp3) is 0.417. The molecule has 3 N–H and O–H groups in total. The van der Waals surface area contributed by atoms with Crippen molar-refractivity contribution < 1.29 is 23.1 Å². The molecule has 9 nitrogen and oxygen atoms in total. The van der Waals surface area contributed by atoms with Crippen molar-refractivity contribution in [3.63, 3.8) is 0 Å². The van der Waals surface area contributed by atoms with E-state index in [0.717, 1.165) is 43.5 Å². The molecule has 1 aromatic rings. The quantitative estimate of drug-likeness (QED) is 0.179. The van der Waals surface area contributed by atoms with Gasteiger partial charge >= 0.3 is 6.18 Å². The van der Waals surface area contributed by atoms with Crippen LogP contribution in [0.15, 0.2) is 56.2 Å². The SMILES string of the molecule is CN(NC(=O)C/C=C\C(=C/I)Nc1cccc(C(F)(F)F)c1)C1=NC=S(C)C(N2CCN(CCO)CC2)=N1. The Morgan fingerprint density at radius 3 is 2.68 bits per heavy atom. The molecule has 2 aliphatic rings. The molecule has 0 aromatic heterocycles. The molecule has 2 aliphatic heterocycles. The van der Waals surface area contributed by atoms with Gasteiger partial charge < -0.3 is 15.3 Å². The number of aliphatic imine (C=N–C) groups is 2. The summed E-state index contributed by atoms with van der Waals surface area (Å²) >= 11 is 1.98. The largest absolute Gasteiger partial charge is 0.416 e. The number of allylic oxidation sites excluding steroid dienone is 1. The summed E-state index contributed by atoms with van der Waals surface area (Å²) in [7, 11) is 1.41. The third-order valence-corrected chi connectivity index (χ3v) is 7.68. The number of benzene rings is 1. The molecule has 38 heavy (non-hydrogen) atoms. The standard InChI is InChI=1S/C24H31F3IN7O2S/c1-33(22-29-17-38(2)23(31-22)35-11-9-34(10-12-35)13-14-36)32-21(37)8-4-7-20(16-28)30-19-6-3-5-18(15-19)24(25,26)27/h3-7,15-17,30,36H,8-14H2,1-2H3,(H,32,37)/b7-4-,20-16+. The number of piperazine rings is 1. The lowest BCUT2D eigenvalue weighted by Gasteiger charge is -2.37. The van der Waals surface area contributed by atoms with E-state index in [1.54, 1.807) is 23.3 Å². The van der Waals surface area contributed by atoms with Crippen molar-refractivity contribution in [2.24, 2.45) is 9.98 Å². The fourth-order valence-corrected chi connectivity index (χ4v) is 5.25. The molecule has 1 saturated heterocycles. The van der Waals surface area contributed by atoms with Crippen molar-refractivity contribution >= 4 is 61.3 Å². The van der Waals surface area contributed by atoms with E-state index < -0.39 is 11.7 Å². The van der Waals surface area contributed by atoms with Gasteiger partial charge in [0.1, 0.15) is 0 Å². The third-order valence-electron chi connectivity index (χ3n) is 5.66. The Labute approximate surface area is 236 Å². The highest BCUT2D eigenvalue weighted by Crippen LogP contribution is 2.31. The molecule has 1 fully saturated rings. The van der Waals surface area contributed by atoms with E-state index in [4.69, 9.17) is 10.1 Å². The Kier molecular flexibility index (Phi) is 11.2. The summed E-state index contributed by atoms with van der Waals surface area (Å²) in [6.07, 6.45) is 0.918. The van der Waals surface area contributed by atoms with Gasteiger partial charge in [-0.2, -0.15) is 18.2 Å². The number of alkyl halides is 3. The van der Waals surface area contributed by atoms with Crippen LogP contribution in [0, 0.1) is 0 Å². The molecule has 0 spiro atoms. The lowest BCUT2D eigenvalue weighted by molar-refractivity contribution is -0.137. The summed E-state index contributed by atoms with van der Waals surface area (Å²) in [6.45, 7) is 4.11. The summed E-state index contributed by atoms with van der Waals surface area (Å²) in [5.74, 6) is 0.0774. The number of aliphatic hydroxyl groups is 1. The van der Waals surface area contributed by atoms with Crippen LogP contribution in [0.25, 0.3) is 0 Å². The Balaban J connectivity index is 1.53. The smallest absolute Gasteiger partial charge is 0.395 e. The minimum atomic E-state index is -4.43.